The summed E-state index contributed by atoms with van der Waals surface area (Å²) in [5.41, 5.74) is 0.223. The predicted octanol–water partition coefficient (Wildman–Crippen LogP) is 2.90. The number of thioether (sulfide) groups is 1. The number of hydrogen-bond acceptors (Lipinski definition) is 8. The Bertz CT molecular complexity index is 1490. The highest BCUT2D eigenvalue weighted by Crippen LogP contribution is 2.45. The zero-order chi connectivity index (χ0) is 28.3. The molecule has 1 aliphatic heterocycles. The van der Waals surface area contributed by atoms with Gasteiger partial charge in [0.25, 0.3) is 5.56 Å². The molecule has 9 nitrogen and oxygen atoms in total. The number of aromatic nitrogens is 2. The number of aliphatic hydroxyl groups is 2. The molecule has 0 radical (unpaired) electrons. The van der Waals surface area contributed by atoms with E-state index >= 15 is 0 Å². The van der Waals surface area contributed by atoms with Crippen LogP contribution in [0.1, 0.15) is 22.1 Å². The Hall–Kier alpha value is -3.83. The average molecular weight is 563 g/mol. The second-order valence-electron chi connectivity index (χ2n) is 9.38. The van der Waals surface area contributed by atoms with Crippen molar-refractivity contribution < 1.29 is 24.4 Å². The lowest BCUT2D eigenvalue weighted by molar-refractivity contribution is -0.0273. The van der Waals surface area contributed by atoms with Crippen LogP contribution in [0.4, 0.5) is 0 Å². The molecule has 1 aromatic heterocycles. The highest BCUT2D eigenvalue weighted by atomic mass is 32.2. The number of hydrogen-bond donors (Lipinski definition) is 3. The Balaban J connectivity index is 1.56. The molecule has 1 saturated heterocycles. The molecule has 1 aliphatic rings. The maximum absolute atomic E-state index is 12.4. The smallest absolute Gasteiger partial charge is 0.329 e. The first-order chi connectivity index (χ1) is 19.4. The van der Waals surface area contributed by atoms with Crippen LogP contribution >= 0.6 is 11.8 Å². The van der Waals surface area contributed by atoms with Crippen LogP contribution in [0.25, 0.3) is 0 Å². The quantitative estimate of drug-likeness (QED) is 0.266. The molecule has 40 heavy (non-hydrogen) atoms. The van der Waals surface area contributed by atoms with E-state index in [1.807, 2.05) is 78.9 Å². The summed E-state index contributed by atoms with van der Waals surface area (Å²) >= 11 is 1.21. The van der Waals surface area contributed by atoms with Crippen molar-refractivity contribution >= 4 is 11.8 Å². The molecule has 10 heteroatoms. The number of nitrogens with zero attached hydrogens (tertiary/aromatic N) is 1. The molecule has 0 spiro atoms. The monoisotopic (exact) mass is 562 g/mol. The average Bonchev–Trinajstić information content (AvgIpc) is 3.27. The Morgan fingerprint density at radius 3 is 1.88 bits per heavy atom. The van der Waals surface area contributed by atoms with E-state index in [0.717, 1.165) is 16.7 Å². The van der Waals surface area contributed by atoms with Crippen LogP contribution < -0.4 is 20.7 Å². The topological polar surface area (TPSA) is 123 Å². The fraction of sp³-hybridized carbons (Fsp3) is 0.267. The van der Waals surface area contributed by atoms with Crippen LogP contribution in [-0.2, 0) is 10.3 Å². The van der Waals surface area contributed by atoms with Gasteiger partial charge in [0.15, 0.2) is 0 Å². The first kappa shape index (κ1) is 27.7. The molecule has 4 atom stereocenters. The van der Waals surface area contributed by atoms with Crippen LogP contribution in [0.3, 0.4) is 0 Å². The molecule has 3 N–H and O–H groups in total. The third-order valence-corrected chi connectivity index (χ3v) is 8.65. The summed E-state index contributed by atoms with van der Waals surface area (Å²) in [4.78, 5) is 26.2. The van der Waals surface area contributed by atoms with Gasteiger partial charge in [0.05, 0.1) is 32.2 Å². The summed E-state index contributed by atoms with van der Waals surface area (Å²) in [5.74, 6) is 1.39. The van der Waals surface area contributed by atoms with Crippen LogP contribution in [0, 0.1) is 0 Å². The van der Waals surface area contributed by atoms with Crippen molar-refractivity contribution in [2.24, 2.45) is 0 Å². The molecule has 208 valence electrons. The SMILES string of the molecule is COc1ccc(C(OC[C@H]2S[C@@H](n3ccc(=O)[nH]c3=O)[C@H](O)[C@@H]2O)(c2ccccc2)c2ccc(OC)cc2)cc1. The minimum Gasteiger partial charge on any atom is -0.497 e. The largest absolute Gasteiger partial charge is 0.497 e. The second kappa shape index (κ2) is 11.7. The lowest BCUT2D eigenvalue weighted by Gasteiger charge is -2.37. The number of aromatic amines is 1. The summed E-state index contributed by atoms with van der Waals surface area (Å²) in [5, 5.41) is 20.5. The zero-order valence-corrected chi connectivity index (χ0v) is 22.8. The molecular formula is C30H30N2O7S. The minimum atomic E-state index is -1.25. The van der Waals surface area contributed by atoms with Gasteiger partial charge in [0.2, 0.25) is 0 Å². The second-order valence-corrected chi connectivity index (χ2v) is 10.7. The minimum absolute atomic E-state index is 0.0322. The predicted molar refractivity (Wildman–Crippen MR) is 152 cm³/mol. The molecule has 2 heterocycles. The van der Waals surface area contributed by atoms with Gasteiger partial charge in [-0.05, 0) is 41.0 Å². The zero-order valence-electron chi connectivity index (χ0n) is 22.0. The summed E-state index contributed by atoms with van der Waals surface area (Å²) in [7, 11) is 3.21. The van der Waals surface area contributed by atoms with Gasteiger partial charge < -0.3 is 24.4 Å². The van der Waals surface area contributed by atoms with Crippen molar-refractivity contribution in [2.45, 2.75) is 28.4 Å². The molecule has 0 amide bonds. The number of methoxy groups -OCH3 is 2. The Kier molecular flexibility index (Phi) is 8.13. The molecule has 0 aliphatic carbocycles. The number of benzene rings is 3. The van der Waals surface area contributed by atoms with Gasteiger partial charge in [-0.25, -0.2) is 4.79 Å². The van der Waals surface area contributed by atoms with Crippen LogP contribution in [0.15, 0.2) is 101 Å². The first-order valence-electron chi connectivity index (χ1n) is 12.7. The number of rotatable bonds is 9. The standard InChI is InChI=1S/C30H30N2O7S/c1-37-22-12-8-20(9-13-22)30(19-6-4-3-5-7-19,21-10-14-23(38-2)15-11-21)39-18-24-26(34)27(35)28(40-24)32-17-16-25(33)31-29(32)36/h3-17,24,26-28,34-35H,18H2,1-2H3,(H,31,33,36)/t24-,26-,27-,28-/m1/s1. The van der Waals surface area contributed by atoms with Gasteiger partial charge in [-0.2, -0.15) is 0 Å². The molecule has 0 saturated carbocycles. The van der Waals surface area contributed by atoms with Crippen molar-refractivity contribution in [3.8, 4) is 11.5 Å². The van der Waals surface area contributed by atoms with Gasteiger partial charge in [-0.3, -0.25) is 14.3 Å². The van der Waals surface area contributed by atoms with E-state index in [1.165, 1.54) is 28.6 Å². The molecule has 0 unspecified atom stereocenters. The summed E-state index contributed by atoms with van der Waals surface area (Å²) in [6.45, 7) is 0.0322. The fourth-order valence-electron chi connectivity index (χ4n) is 5.01. The number of ether oxygens (including phenoxy) is 3. The molecule has 1 fully saturated rings. The van der Waals surface area contributed by atoms with Crippen molar-refractivity contribution in [2.75, 3.05) is 20.8 Å². The van der Waals surface area contributed by atoms with E-state index in [2.05, 4.69) is 4.98 Å². The Labute approximate surface area is 235 Å². The normalized spacial score (nSPS) is 20.8. The van der Waals surface area contributed by atoms with E-state index in [1.54, 1.807) is 14.2 Å². The van der Waals surface area contributed by atoms with Crippen molar-refractivity contribution in [3.63, 3.8) is 0 Å². The molecule has 3 aromatic carbocycles. The molecule has 4 aromatic rings. The van der Waals surface area contributed by atoms with E-state index in [-0.39, 0.29) is 6.61 Å². The van der Waals surface area contributed by atoms with Gasteiger partial charge in [-0.1, -0.05) is 54.6 Å². The van der Waals surface area contributed by atoms with Gasteiger partial charge in [0.1, 0.15) is 28.6 Å². The van der Waals surface area contributed by atoms with E-state index in [4.69, 9.17) is 14.2 Å². The van der Waals surface area contributed by atoms with Gasteiger partial charge in [-0.15, -0.1) is 11.8 Å². The highest BCUT2D eigenvalue weighted by Gasteiger charge is 2.46. The van der Waals surface area contributed by atoms with Gasteiger partial charge in [0, 0.05) is 12.3 Å². The first-order valence-corrected chi connectivity index (χ1v) is 13.6. The van der Waals surface area contributed by atoms with Crippen LogP contribution in [-0.4, -0.2) is 58.0 Å². The third-order valence-electron chi connectivity index (χ3n) is 7.10. The van der Waals surface area contributed by atoms with E-state index in [9.17, 15) is 19.8 Å². The maximum Gasteiger partial charge on any atom is 0.329 e. The number of H-pyrrole nitrogens is 1. The Morgan fingerprint density at radius 1 is 0.800 bits per heavy atom. The van der Waals surface area contributed by atoms with E-state index < -0.39 is 39.7 Å². The number of nitrogens with one attached hydrogen (secondary N) is 1. The van der Waals surface area contributed by atoms with Crippen molar-refractivity contribution in [1.82, 2.24) is 9.55 Å². The van der Waals surface area contributed by atoms with Gasteiger partial charge >= 0.3 is 5.69 Å². The van der Waals surface area contributed by atoms with Crippen molar-refractivity contribution in [1.29, 1.82) is 0 Å². The van der Waals surface area contributed by atoms with Crippen molar-refractivity contribution in [3.05, 3.63) is 129 Å². The van der Waals surface area contributed by atoms with Crippen LogP contribution in [0.5, 0.6) is 11.5 Å². The maximum atomic E-state index is 12.4. The molecule has 5 rings (SSSR count). The molecular weight excluding hydrogens is 532 g/mol. The van der Waals surface area contributed by atoms with Crippen LogP contribution in [0.2, 0.25) is 0 Å². The Morgan fingerprint density at radius 2 is 1.35 bits per heavy atom. The lowest BCUT2D eigenvalue weighted by Crippen LogP contribution is -2.39. The lowest BCUT2D eigenvalue weighted by atomic mass is 9.80. The summed E-state index contributed by atoms with van der Waals surface area (Å²) in [6.07, 6.45) is -1.12. The number of aliphatic hydroxyl groups excluding tert-OH is 2. The third kappa shape index (κ3) is 5.18. The highest BCUT2D eigenvalue weighted by molar-refractivity contribution is 8.00. The summed E-state index contributed by atoms with van der Waals surface area (Å²) < 4.78 is 18.9. The summed E-state index contributed by atoms with van der Waals surface area (Å²) in [6, 6.07) is 26.1. The molecule has 0 bridgehead atoms. The van der Waals surface area contributed by atoms with E-state index in [0.29, 0.717) is 11.5 Å². The fourth-order valence-corrected chi connectivity index (χ4v) is 6.45.